The molecule has 0 aromatic heterocycles. The van der Waals surface area contributed by atoms with Crippen LogP contribution in [-0.2, 0) is 4.79 Å². The second-order valence-corrected chi connectivity index (χ2v) is 6.39. The van der Waals surface area contributed by atoms with Gasteiger partial charge in [0.05, 0.1) is 0 Å². The Morgan fingerprint density at radius 3 is 2.30 bits per heavy atom. The summed E-state index contributed by atoms with van der Waals surface area (Å²) < 4.78 is 0. The highest BCUT2D eigenvalue weighted by Gasteiger charge is 2.33. The van der Waals surface area contributed by atoms with Gasteiger partial charge in [-0.3, -0.25) is 0 Å². The van der Waals surface area contributed by atoms with Crippen molar-refractivity contribution in [3.8, 4) is 0 Å². The predicted molar refractivity (Wildman–Crippen MR) is 78.7 cm³/mol. The van der Waals surface area contributed by atoms with Gasteiger partial charge in [0.15, 0.2) is 0 Å². The van der Waals surface area contributed by atoms with Crippen LogP contribution in [0.2, 0.25) is 0 Å². The first-order chi connectivity index (χ1) is 9.29. The van der Waals surface area contributed by atoms with Gasteiger partial charge in [-0.05, 0) is 39.0 Å². The number of hydrogen-bond donors (Lipinski definition) is 2. The molecule has 0 aromatic rings. The number of aliphatic carboxylic acids is 1. The Bertz CT molecular complexity index is 349. The first-order valence-corrected chi connectivity index (χ1v) is 7.56. The maximum Gasteiger partial charge on any atom is 0.326 e. The zero-order chi connectivity index (χ0) is 15.3. The van der Waals surface area contributed by atoms with E-state index in [4.69, 9.17) is 0 Å². The molecule has 1 rings (SSSR count). The van der Waals surface area contributed by atoms with E-state index in [2.05, 4.69) is 5.32 Å². The van der Waals surface area contributed by atoms with E-state index in [1.165, 1.54) is 6.42 Å². The molecule has 0 aliphatic heterocycles. The smallest absolute Gasteiger partial charge is 0.326 e. The van der Waals surface area contributed by atoms with E-state index in [0.29, 0.717) is 0 Å². The van der Waals surface area contributed by atoms with Crippen LogP contribution in [0.5, 0.6) is 0 Å². The molecular formula is C15H28N2O3. The predicted octanol–water partition coefficient (Wildman–Crippen LogP) is 2.85. The summed E-state index contributed by atoms with van der Waals surface area (Å²) in [5.74, 6) is -0.865. The van der Waals surface area contributed by atoms with Crippen molar-refractivity contribution in [3.63, 3.8) is 0 Å². The molecule has 1 atom stereocenters. The van der Waals surface area contributed by atoms with Gasteiger partial charge in [-0.25, -0.2) is 9.59 Å². The number of hydrogen-bond acceptors (Lipinski definition) is 2. The Balaban J connectivity index is 2.70. The van der Waals surface area contributed by atoms with E-state index < -0.39 is 12.0 Å². The van der Waals surface area contributed by atoms with Crippen molar-refractivity contribution in [1.29, 1.82) is 0 Å². The topological polar surface area (TPSA) is 69.6 Å². The van der Waals surface area contributed by atoms with Gasteiger partial charge in [-0.15, -0.1) is 0 Å². The summed E-state index contributed by atoms with van der Waals surface area (Å²) in [6.45, 7) is 5.96. The summed E-state index contributed by atoms with van der Waals surface area (Å²) in [4.78, 5) is 25.3. The van der Waals surface area contributed by atoms with Crippen LogP contribution in [0.15, 0.2) is 0 Å². The highest BCUT2D eigenvalue weighted by molar-refractivity contribution is 5.83. The summed E-state index contributed by atoms with van der Waals surface area (Å²) in [5.41, 5.74) is -0.278. The molecule has 0 heterocycles. The molecule has 2 N–H and O–H groups in total. The second kappa shape index (κ2) is 6.95. The third-order valence-corrected chi connectivity index (χ3v) is 4.74. The second-order valence-electron chi connectivity index (χ2n) is 6.39. The summed E-state index contributed by atoms with van der Waals surface area (Å²) in [7, 11) is 1.72. The molecule has 116 valence electrons. The van der Waals surface area contributed by atoms with Crippen LogP contribution in [0.3, 0.4) is 0 Å². The third kappa shape index (κ3) is 4.12. The van der Waals surface area contributed by atoms with Crippen molar-refractivity contribution < 1.29 is 14.7 Å². The van der Waals surface area contributed by atoms with Gasteiger partial charge < -0.3 is 15.3 Å². The maximum absolute atomic E-state index is 12.3. The number of carboxylic acids is 1. The first kappa shape index (κ1) is 16.8. The minimum absolute atomic E-state index is 0.0586. The average molecular weight is 284 g/mol. The molecule has 0 spiro atoms. The highest BCUT2D eigenvalue weighted by atomic mass is 16.4. The van der Waals surface area contributed by atoms with Crippen LogP contribution in [-0.4, -0.2) is 40.6 Å². The molecule has 1 aliphatic rings. The largest absolute Gasteiger partial charge is 0.480 e. The maximum atomic E-state index is 12.3. The van der Waals surface area contributed by atoms with Crippen molar-refractivity contribution >= 4 is 12.0 Å². The first-order valence-electron chi connectivity index (χ1n) is 7.56. The zero-order valence-corrected chi connectivity index (χ0v) is 13.1. The van der Waals surface area contributed by atoms with Crippen LogP contribution in [0, 0.1) is 5.92 Å². The van der Waals surface area contributed by atoms with Crippen LogP contribution < -0.4 is 5.32 Å². The number of nitrogens with one attached hydrogen (secondary N) is 1. The van der Waals surface area contributed by atoms with E-state index in [-0.39, 0.29) is 17.5 Å². The van der Waals surface area contributed by atoms with Gasteiger partial charge in [-0.2, -0.15) is 0 Å². The van der Waals surface area contributed by atoms with Gasteiger partial charge in [-0.1, -0.05) is 26.2 Å². The SMILES string of the molecule is CCC(C)(C)N(C)C(=O)NC(C(=O)O)C1CCCCC1. The van der Waals surface area contributed by atoms with Gasteiger partial charge in [0.2, 0.25) is 0 Å². The molecule has 0 aromatic carbocycles. The fourth-order valence-electron chi connectivity index (χ4n) is 2.59. The molecule has 1 fully saturated rings. The summed E-state index contributed by atoms with van der Waals surface area (Å²) in [5, 5.41) is 12.1. The standard InChI is InChI=1S/C15H28N2O3/c1-5-15(2,3)17(4)14(20)16-12(13(18)19)11-9-7-6-8-10-11/h11-12H,5-10H2,1-4H3,(H,16,20)(H,18,19). The van der Waals surface area contributed by atoms with Crippen molar-refractivity contribution in [1.82, 2.24) is 10.2 Å². The van der Waals surface area contributed by atoms with Crippen molar-refractivity contribution in [2.24, 2.45) is 5.92 Å². The minimum Gasteiger partial charge on any atom is -0.480 e. The van der Waals surface area contributed by atoms with E-state index >= 15 is 0 Å². The molecule has 1 saturated carbocycles. The molecule has 1 unspecified atom stereocenters. The zero-order valence-electron chi connectivity index (χ0n) is 13.1. The third-order valence-electron chi connectivity index (χ3n) is 4.74. The van der Waals surface area contributed by atoms with Crippen LogP contribution in [0.4, 0.5) is 4.79 Å². The minimum atomic E-state index is -0.923. The van der Waals surface area contributed by atoms with Crippen LogP contribution >= 0.6 is 0 Å². The molecule has 0 bridgehead atoms. The average Bonchev–Trinajstić information content (AvgIpc) is 2.44. The van der Waals surface area contributed by atoms with Crippen LogP contribution in [0.1, 0.15) is 59.3 Å². The number of nitrogens with zero attached hydrogens (tertiary/aromatic N) is 1. The summed E-state index contributed by atoms with van der Waals surface area (Å²) >= 11 is 0. The number of carbonyl (C=O) groups is 2. The molecule has 5 heteroatoms. The van der Waals surface area contributed by atoms with Crippen molar-refractivity contribution in [2.45, 2.75) is 70.9 Å². The van der Waals surface area contributed by atoms with Gasteiger partial charge >= 0.3 is 12.0 Å². The van der Waals surface area contributed by atoms with E-state index in [1.807, 2.05) is 20.8 Å². The van der Waals surface area contributed by atoms with E-state index in [0.717, 1.165) is 32.1 Å². The van der Waals surface area contributed by atoms with Crippen molar-refractivity contribution in [2.75, 3.05) is 7.05 Å². The Morgan fingerprint density at radius 1 is 1.30 bits per heavy atom. The molecule has 1 aliphatic carbocycles. The normalized spacial score (nSPS) is 18.4. The lowest BCUT2D eigenvalue weighted by Gasteiger charge is -2.37. The Kier molecular flexibility index (Phi) is 5.84. The Hall–Kier alpha value is -1.26. The van der Waals surface area contributed by atoms with Gasteiger partial charge in [0.25, 0.3) is 0 Å². The van der Waals surface area contributed by atoms with Crippen molar-refractivity contribution in [3.05, 3.63) is 0 Å². The van der Waals surface area contributed by atoms with E-state index in [1.54, 1.807) is 11.9 Å². The molecule has 5 nitrogen and oxygen atoms in total. The Labute approximate surface area is 121 Å². The van der Waals surface area contributed by atoms with E-state index in [9.17, 15) is 14.7 Å². The summed E-state index contributed by atoms with van der Waals surface area (Å²) in [6.07, 6.45) is 5.87. The number of rotatable bonds is 5. The van der Waals surface area contributed by atoms with Crippen LogP contribution in [0.25, 0.3) is 0 Å². The molecule has 20 heavy (non-hydrogen) atoms. The fraction of sp³-hybridized carbons (Fsp3) is 0.867. The highest BCUT2D eigenvalue weighted by Crippen LogP contribution is 2.27. The number of urea groups is 1. The number of carboxylic acid groups (broad SMARTS) is 1. The molecular weight excluding hydrogens is 256 g/mol. The number of amides is 2. The number of carbonyl (C=O) groups excluding carboxylic acids is 1. The quantitative estimate of drug-likeness (QED) is 0.815. The lowest BCUT2D eigenvalue weighted by Crippen LogP contribution is -2.55. The van der Waals surface area contributed by atoms with Gasteiger partial charge in [0, 0.05) is 12.6 Å². The monoisotopic (exact) mass is 284 g/mol. The lowest BCUT2D eigenvalue weighted by molar-refractivity contribution is -0.141. The molecule has 0 radical (unpaired) electrons. The fourth-order valence-corrected chi connectivity index (χ4v) is 2.59. The molecule has 0 saturated heterocycles. The Morgan fingerprint density at radius 2 is 1.85 bits per heavy atom. The lowest BCUT2D eigenvalue weighted by atomic mass is 9.84. The molecule has 2 amide bonds. The van der Waals surface area contributed by atoms with Gasteiger partial charge in [0.1, 0.15) is 6.04 Å². The summed E-state index contributed by atoms with van der Waals surface area (Å²) in [6, 6.07) is -1.06.